The van der Waals surface area contributed by atoms with Gasteiger partial charge in [0.25, 0.3) is 0 Å². The normalized spacial score (nSPS) is 16.1. The van der Waals surface area contributed by atoms with E-state index < -0.39 is 14.2 Å². The largest absolute Gasteiger partial charge is 0.488 e. The van der Waals surface area contributed by atoms with E-state index in [0.717, 1.165) is 84.5 Å². The Morgan fingerprint density at radius 3 is 1.84 bits per heavy atom. The predicted molar refractivity (Wildman–Crippen MR) is 364 cm³/mol. The number of anilines is 1. The second-order valence-corrected chi connectivity index (χ2v) is 24.2. The van der Waals surface area contributed by atoms with Crippen LogP contribution >= 0.6 is 24.0 Å². The number of carbonyl (C=O) groups is 1. The number of hydrogen-bond donors (Lipinski definition) is 5. The molecule has 0 spiro atoms. The maximum absolute atomic E-state index is 12.2. The fourth-order valence-corrected chi connectivity index (χ4v) is 12.6. The molecule has 0 atom stereocenters. The standard InChI is InChI=1S/C72H85B2N5O6.HI/c1-9-44-78-65-29-17-13-25-61(65)71(5,6)67(78)41-37-56-23-19-24-57(38-42-68-72(7,8)62-26-14-18-30-66(62)79(68)45-10-2)69(56)85-60-39-35-55(36-40-60)49-77(51-59-22-12-16-28-64(59)74(83)84)48-54-33-31-53(32-34-54)47-76(46-20-43-75-70(80)52(3)4)50-58-21-11-15-27-63(58)73(81)82;/h11-18,21-22,25-42,81-84H,3,9-10,19-20,23-24,43-51H2,1-2,4-8H3;1H/p+1. The van der Waals surface area contributed by atoms with Gasteiger partial charge >= 0.3 is 14.2 Å². The minimum Gasteiger partial charge on any atom is -0.457 e. The van der Waals surface area contributed by atoms with Gasteiger partial charge in [-0.3, -0.25) is 14.6 Å². The Bertz CT molecular complexity index is 3500. The summed E-state index contributed by atoms with van der Waals surface area (Å²) in [5.74, 6) is 1.50. The van der Waals surface area contributed by atoms with Crippen LogP contribution < -0.4 is 25.9 Å². The average molecular weight is 1270 g/mol. The van der Waals surface area contributed by atoms with E-state index in [9.17, 15) is 24.9 Å². The number of para-hydroxylation sites is 2. The molecule has 1 amide bonds. The second kappa shape index (κ2) is 29.9. The molecule has 5 N–H and O–H groups in total. The van der Waals surface area contributed by atoms with Gasteiger partial charge in [0, 0.05) is 98.9 Å². The monoisotopic (exact) mass is 1270 g/mol. The van der Waals surface area contributed by atoms with Gasteiger partial charge in [0.05, 0.1) is 5.41 Å². The zero-order valence-corrected chi connectivity index (χ0v) is 53.8. The third-order valence-corrected chi connectivity index (χ3v) is 17.0. The Morgan fingerprint density at radius 1 is 0.674 bits per heavy atom. The molecule has 0 saturated carbocycles. The molecule has 86 heavy (non-hydrogen) atoms. The van der Waals surface area contributed by atoms with Crippen LogP contribution in [-0.2, 0) is 48.3 Å². The molecule has 3 aliphatic rings. The molecule has 6 aromatic rings. The van der Waals surface area contributed by atoms with Crippen molar-refractivity contribution < 1.29 is 34.2 Å². The van der Waals surface area contributed by atoms with E-state index >= 15 is 0 Å². The summed E-state index contributed by atoms with van der Waals surface area (Å²) in [7, 11) is -3.20. The number of fused-ring (bicyclic) bond motifs is 2. The maximum Gasteiger partial charge on any atom is 0.488 e. The number of amides is 1. The van der Waals surface area contributed by atoms with E-state index in [4.69, 9.17) is 4.74 Å². The zero-order chi connectivity index (χ0) is 60.3. The van der Waals surface area contributed by atoms with E-state index in [1.54, 1.807) is 25.1 Å². The van der Waals surface area contributed by atoms with Gasteiger partial charge in [0.15, 0.2) is 5.71 Å². The Hall–Kier alpha value is -6.62. The van der Waals surface area contributed by atoms with Crippen molar-refractivity contribution >= 4 is 72.1 Å². The summed E-state index contributed by atoms with van der Waals surface area (Å²) in [6.07, 6.45) is 14.9. The van der Waals surface area contributed by atoms with E-state index in [0.29, 0.717) is 68.7 Å². The van der Waals surface area contributed by atoms with Crippen LogP contribution in [0.25, 0.3) is 0 Å². The number of rotatable bonds is 26. The molecular formula is C72H87B2IN5O6+. The van der Waals surface area contributed by atoms with Gasteiger partial charge in [-0.1, -0.05) is 162 Å². The van der Waals surface area contributed by atoms with Gasteiger partial charge in [-0.05, 0) is 139 Å². The first kappa shape index (κ1) is 65.4. The average Bonchev–Trinajstić information content (AvgIpc) is 2.56. The Kier molecular flexibility index (Phi) is 22.7. The minimum atomic E-state index is -1.61. The number of carbonyl (C=O) groups excluding carboxylic acids is 1. The number of nitrogens with zero attached hydrogens (tertiary/aromatic N) is 4. The van der Waals surface area contributed by atoms with Gasteiger partial charge in [-0.2, -0.15) is 4.58 Å². The van der Waals surface area contributed by atoms with E-state index in [2.05, 4.69) is 194 Å². The van der Waals surface area contributed by atoms with E-state index in [1.807, 2.05) is 30.3 Å². The van der Waals surface area contributed by atoms with E-state index in [1.165, 1.54) is 45.1 Å². The third-order valence-electron chi connectivity index (χ3n) is 17.0. The highest BCUT2D eigenvalue weighted by atomic mass is 127. The number of benzene rings is 6. The fourth-order valence-electron chi connectivity index (χ4n) is 12.6. The number of halogens is 1. The summed E-state index contributed by atoms with van der Waals surface area (Å²) >= 11 is 0. The van der Waals surface area contributed by atoms with Crippen LogP contribution in [-0.4, -0.2) is 86.5 Å². The molecule has 2 heterocycles. The second-order valence-electron chi connectivity index (χ2n) is 24.2. The van der Waals surface area contributed by atoms with Crippen molar-refractivity contribution in [2.45, 2.75) is 131 Å². The molecule has 9 rings (SSSR count). The van der Waals surface area contributed by atoms with Crippen LogP contribution in [0.4, 0.5) is 11.4 Å². The molecule has 1 aliphatic carbocycles. The fraction of sp³-hybridized carbons (Fsp3) is 0.333. The van der Waals surface area contributed by atoms with Crippen LogP contribution in [0.15, 0.2) is 205 Å². The Balaban J connectivity index is 0.00000961. The van der Waals surface area contributed by atoms with Gasteiger partial charge in [-0.25, -0.2) is 0 Å². The van der Waals surface area contributed by atoms with Crippen LogP contribution in [0.2, 0.25) is 0 Å². The first-order chi connectivity index (χ1) is 41.0. The number of ether oxygens (including phenoxy) is 1. The molecule has 0 fully saturated rings. The molecule has 0 saturated heterocycles. The van der Waals surface area contributed by atoms with Crippen molar-refractivity contribution in [1.82, 2.24) is 15.1 Å². The lowest BCUT2D eigenvalue weighted by molar-refractivity contribution is -0.437. The van der Waals surface area contributed by atoms with E-state index in [-0.39, 0.29) is 40.7 Å². The molecule has 2 aliphatic heterocycles. The summed E-state index contributed by atoms with van der Waals surface area (Å²) < 4.78 is 9.70. The number of allylic oxidation sites excluding steroid dienone is 7. The molecule has 0 radical (unpaired) electrons. The summed E-state index contributed by atoms with van der Waals surface area (Å²) in [6.45, 7) is 25.1. The Morgan fingerprint density at radius 2 is 1.23 bits per heavy atom. The molecule has 0 bridgehead atoms. The van der Waals surface area contributed by atoms with Crippen molar-refractivity contribution in [3.05, 3.63) is 244 Å². The lowest BCUT2D eigenvalue weighted by Crippen LogP contribution is -2.36. The summed E-state index contributed by atoms with van der Waals surface area (Å²) in [6, 6.07) is 49.5. The third kappa shape index (κ3) is 15.6. The van der Waals surface area contributed by atoms with Crippen molar-refractivity contribution in [3.8, 4) is 5.75 Å². The molecular weight excluding hydrogens is 1180 g/mol. The van der Waals surface area contributed by atoms with Crippen LogP contribution in [0, 0.1) is 0 Å². The molecule has 0 unspecified atom stereocenters. The van der Waals surface area contributed by atoms with Crippen molar-refractivity contribution in [2.75, 3.05) is 31.1 Å². The van der Waals surface area contributed by atoms with Gasteiger partial charge in [0.2, 0.25) is 11.6 Å². The molecule has 14 heteroatoms. The number of hydrogen-bond acceptors (Lipinski definition) is 9. The van der Waals surface area contributed by atoms with Gasteiger partial charge in [-0.15, -0.1) is 24.0 Å². The van der Waals surface area contributed by atoms with Crippen LogP contribution in [0.3, 0.4) is 0 Å². The topological polar surface area (TPSA) is 132 Å². The van der Waals surface area contributed by atoms with Gasteiger partial charge in [0.1, 0.15) is 18.1 Å². The molecule has 0 aromatic heterocycles. The highest BCUT2D eigenvalue weighted by molar-refractivity contribution is 14.0. The maximum atomic E-state index is 12.2. The summed E-state index contributed by atoms with van der Waals surface area (Å²) in [4.78, 5) is 19.3. The molecule has 6 aromatic carbocycles. The lowest BCUT2D eigenvalue weighted by atomic mass is 9.77. The molecule has 11 nitrogen and oxygen atoms in total. The first-order valence-electron chi connectivity index (χ1n) is 30.5. The SMILES string of the molecule is C=C(C)C(=O)NCCCN(Cc1ccc(CN(Cc2ccc(OC3=C(/C=C/C4=[N+](CCC)c5ccccc5C4(C)C)CCC/C3=C\C=C3\N(CCC)c4ccccc4C3(C)C)cc2)Cc2ccccc2B(O)O)cc1)Cc1ccccc1B(O)O.I. The smallest absolute Gasteiger partial charge is 0.457 e. The van der Waals surface area contributed by atoms with Gasteiger partial charge < -0.3 is 35.0 Å². The lowest BCUT2D eigenvalue weighted by Gasteiger charge is -2.27. The highest BCUT2D eigenvalue weighted by Crippen LogP contribution is 2.48. The predicted octanol–water partition coefficient (Wildman–Crippen LogP) is 11.8. The quantitative estimate of drug-likeness (QED) is 0.0118. The first-order valence-corrected chi connectivity index (χ1v) is 30.5. The van der Waals surface area contributed by atoms with Crippen molar-refractivity contribution in [1.29, 1.82) is 0 Å². The van der Waals surface area contributed by atoms with Crippen LogP contribution in [0.1, 0.15) is 126 Å². The highest BCUT2D eigenvalue weighted by Gasteiger charge is 2.44. The Labute approximate surface area is 529 Å². The molecule has 448 valence electrons. The zero-order valence-electron chi connectivity index (χ0n) is 51.4. The van der Waals surface area contributed by atoms with Crippen LogP contribution in [0.5, 0.6) is 5.75 Å². The summed E-state index contributed by atoms with van der Waals surface area (Å²) in [5.41, 5.74) is 16.2. The summed E-state index contributed by atoms with van der Waals surface area (Å²) in [5, 5.41) is 44.2. The number of nitrogens with one attached hydrogen (secondary N) is 1. The van der Waals surface area contributed by atoms with Crippen molar-refractivity contribution in [2.24, 2.45) is 0 Å². The van der Waals surface area contributed by atoms with Crippen molar-refractivity contribution in [3.63, 3.8) is 0 Å². The minimum absolute atomic E-state index is 0.